The molecule has 2 aromatic heterocycles. The molecular formula is C32H30FN3O5. The van der Waals surface area contributed by atoms with Gasteiger partial charge in [0.1, 0.15) is 17.1 Å². The second-order valence-electron chi connectivity index (χ2n) is 9.72. The third kappa shape index (κ3) is 5.62. The van der Waals surface area contributed by atoms with E-state index in [-0.39, 0.29) is 24.3 Å². The number of fused-ring (bicyclic) bond motifs is 1. The zero-order valence-corrected chi connectivity index (χ0v) is 23.0. The Morgan fingerprint density at radius 3 is 2.54 bits per heavy atom. The molecule has 0 unspecified atom stereocenters. The van der Waals surface area contributed by atoms with E-state index in [9.17, 15) is 14.7 Å². The molecule has 0 fully saturated rings. The number of aliphatic hydroxyl groups excluding tert-OH is 1. The van der Waals surface area contributed by atoms with Crippen LogP contribution in [0.3, 0.4) is 0 Å². The molecule has 1 N–H and O–H groups in total. The van der Waals surface area contributed by atoms with E-state index in [1.54, 1.807) is 79.5 Å². The van der Waals surface area contributed by atoms with Crippen LogP contribution in [0.5, 0.6) is 17.2 Å². The Bertz CT molecular complexity index is 1780. The van der Waals surface area contributed by atoms with Gasteiger partial charge in [0, 0.05) is 29.8 Å². The number of hydrogen-bond donors (Lipinski definition) is 1. The summed E-state index contributed by atoms with van der Waals surface area (Å²) in [5.41, 5.74) is 1.59. The Morgan fingerprint density at radius 1 is 1.05 bits per heavy atom. The summed E-state index contributed by atoms with van der Waals surface area (Å²) < 4.78 is 29.3. The normalized spacial score (nSPS) is 11.9. The lowest BCUT2D eigenvalue weighted by Crippen LogP contribution is -2.27. The number of ketones is 1. The van der Waals surface area contributed by atoms with Crippen molar-refractivity contribution in [1.29, 1.82) is 0 Å². The van der Waals surface area contributed by atoms with Crippen molar-refractivity contribution < 1.29 is 23.8 Å². The number of aromatic nitrogens is 3. The Balaban J connectivity index is 1.42. The van der Waals surface area contributed by atoms with Crippen LogP contribution in [0.2, 0.25) is 0 Å². The number of carbonyl (C=O) groups excluding carboxylic acids is 1. The number of benzene rings is 3. The second-order valence-corrected chi connectivity index (χ2v) is 9.72. The first-order valence-electron chi connectivity index (χ1n) is 13.3. The molecular weight excluding hydrogens is 525 g/mol. The monoisotopic (exact) mass is 555 g/mol. The van der Waals surface area contributed by atoms with Crippen LogP contribution in [0.15, 0.2) is 83.8 Å². The fraction of sp³-hybridized carbons (Fsp3) is 0.219. The highest BCUT2D eigenvalue weighted by molar-refractivity contribution is 5.98. The number of nitrogens with zero attached hydrogens (tertiary/aromatic N) is 3. The molecule has 0 saturated carbocycles. The van der Waals surface area contributed by atoms with Crippen LogP contribution in [0.1, 0.15) is 35.0 Å². The van der Waals surface area contributed by atoms with Crippen molar-refractivity contribution in [2.24, 2.45) is 0 Å². The van der Waals surface area contributed by atoms with Crippen molar-refractivity contribution in [2.45, 2.75) is 39.3 Å². The molecule has 0 saturated heterocycles. The van der Waals surface area contributed by atoms with E-state index >= 15 is 4.39 Å². The molecule has 0 amide bonds. The maximum Gasteiger partial charge on any atom is 0.282 e. The number of aliphatic hydroxyl groups is 1. The van der Waals surface area contributed by atoms with Gasteiger partial charge in [0.05, 0.1) is 31.0 Å². The summed E-state index contributed by atoms with van der Waals surface area (Å²) in [7, 11) is 1.57. The van der Waals surface area contributed by atoms with Crippen molar-refractivity contribution in [2.75, 3.05) is 7.11 Å². The van der Waals surface area contributed by atoms with Crippen LogP contribution < -0.4 is 15.0 Å². The number of para-hydroxylation sites is 1. The fourth-order valence-corrected chi connectivity index (χ4v) is 4.79. The van der Waals surface area contributed by atoms with Gasteiger partial charge in [0.15, 0.2) is 17.3 Å². The van der Waals surface area contributed by atoms with Crippen LogP contribution in [0.4, 0.5) is 4.39 Å². The fourth-order valence-electron chi connectivity index (χ4n) is 4.79. The van der Waals surface area contributed by atoms with E-state index in [2.05, 4.69) is 4.98 Å². The molecule has 1 atom stereocenters. The Labute approximate surface area is 236 Å². The lowest BCUT2D eigenvalue weighted by atomic mass is 10.0. The van der Waals surface area contributed by atoms with Gasteiger partial charge >= 0.3 is 0 Å². The zero-order chi connectivity index (χ0) is 29.1. The summed E-state index contributed by atoms with van der Waals surface area (Å²) >= 11 is 0. The summed E-state index contributed by atoms with van der Waals surface area (Å²) in [5, 5.41) is 11.0. The van der Waals surface area contributed by atoms with Crippen LogP contribution in [0, 0.1) is 12.7 Å². The molecule has 0 bridgehead atoms. The van der Waals surface area contributed by atoms with Crippen molar-refractivity contribution in [3.8, 4) is 22.9 Å². The Morgan fingerprint density at radius 2 is 1.83 bits per heavy atom. The molecule has 0 aliphatic carbocycles. The number of pyridine rings is 1. The van der Waals surface area contributed by atoms with Gasteiger partial charge in [-0.3, -0.25) is 19.3 Å². The number of methoxy groups -OCH3 is 1. The molecule has 8 nitrogen and oxygen atoms in total. The predicted molar refractivity (Wildman–Crippen MR) is 154 cm³/mol. The molecule has 5 aromatic rings. The molecule has 9 heteroatoms. The number of halogens is 1. The lowest BCUT2D eigenvalue weighted by Gasteiger charge is -2.16. The van der Waals surface area contributed by atoms with E-state index < -0.39 is 23.3 Å². The van der Waals surface area contributed by atoms with Crippen molar-refractivity contribution in [3.63, 3.8) is 0 Å². The van der Waals surface area contributed by atoms with Gasteiger partial charge in [-0.1, -0.05) is 31.2 Å². The van der Waals surface area contributed by atoms with Crippen LogP contribution in [-0.2, 0) is 13.0 Å². The van der Waals surface area contributed by atoms with Crippen LogP contribution in [-0.4, -0.2) is 38.5 Å². The van der Waals surface area contributed by atoms with Gasteiger partial charge in [0.2, 0.25) is 0 Å². The average Bonchev–Trinajstić information content (AvgIpc) is 3.22. The van der Waals surface area contributed by atoms with E-state index in [0.29, 0.717) is 45.8 Å². The van der Waals surface area contributed by atoms with E-state index in [0.717, 1.165) is 0 Å². The first kappa shape index (κ1) is 27.8. The average molecular weight is 556 g/mol. The minimum atomic E-state index is -0.695. The number of hydrogen-bond acceptors (Lipinski definition) is 6. The molecule has 210 valence electrons. The number of carbonyl (C=O) groups is 1. The molecule has 0 radical (unpaired) electrons. The summed E-state index contributed by atoms with van der Waals surface area (Å²) in [4.78, 5) is 31.3. The molecule has 5 rings (SSSR count). The number of rotatable bonds is 10. The van der Waals surface area contributed by atoms with Gasteiger partial charge < -0.3 is 14.6 Å². The van der Waals surface area contributed by atoms with E-state index in [4.69, 9.17) is 9.47 Å². The van der Waals surface area contributed by atoms with Crippen molar-refractivity contribution in [3.05, 3.63) is 112 Å². The van der Waals surface area contributed by atoms with Gasteiger partial charge in [-0.2, -0.15) is 0 Å². The number of ether oxygens (including phenoxy) is 2. The van der Waals surface area contributed by atoms with Gasteiger partial charge in [-0.05, 0) is 61.4 Å². The SMILES string of the molecule is CC[C@H](O)Cn1c(C)c(C(=O)Cc2ccc(Oc3ccnc4cc(OC)ccc34)c(F)c2)c(=O)n1-c1ccccc1. The number of Topliss-reactive ketones (excluding diaryl/α,β-unsaturated/α-hetero) is 1. The third-order valence-electron chi connectivity index (χ3n) is 7.02. The Hall–Kier alpha value is -4.76. The van der Waals surface area contributed by atoms with Gasteiger partial charge in [0.25, 0.3) is 5.56 Å². The van der Waals surface area contributed by atoms with Gasteiger partial charge in [-0.25, -0.2) is 9.07 Å². The maximum absolute atomic E-state index is 15.2. The first-order chi connectivity index (χ1) is 19.8. The highest BCUT2D eigenvalue weighted by atomic mass is 19.1. The highest BCUT2D eigenvalue weighted by Crippen LogP contribution is 2.32. The van der Waals surface area contributed by atoms with E-state index in [1.165, 1.54) is 16.8 Å². The second kappa shape index (κ2) is 11.8. The van der Waals surface area contributed by atoms with Crippen molar-refractivity contribution in [1.82, 2.24) is 14.3 Å². The largest absolute Gasteiger partial charge is 0.497 e. The minimum absolute atomic E-state index is 0.00756. The zero-order valence-electron chi connectivity index (χ0n) is 23.0. The first-order valence-corrected chi connectivity index (χ1v) is 13.3. The quantitative estimate of drug-likeness (QED) is 0.224. The topological polar surface area (TPSA) is 95.6 Å². The molecule has 0 aliphatic heterocycles. The highest BCUT2D eigenvalue weighted by Gasteiger charge is 2.25. The summed E-state index contributed by atoms with van der Waals surface area (Å²) in [6.07, 6.45) is 1.18. The molecule has 41 heavy (non-hydrogen) atoms. The Kier molecular flexibility index (Phi) is 7.98. The third-order valence-corrected chi connectivity index (χ3v) is 7.02. The summed E-state index contributed by atoms with van der Waals surface area (Å²) in [6, 6.07) is 20.2. The lowest BCUT2D eigenvalue weighted by molar-refractivity contribution is 0.0990. The summed E-state index contributed by atoms with van der Waals surface area (Å²) in [5.74, 6) is -0.0233. The molecule has 3 aromatic carbocycles. The van der Waals surface area contributed by atoms with Crippen molar-refractivity contribution >= 4 is 16.7 Å². The minimum Gasteiger partial charge on any atom is -0.497 e. The van der Waals surface area contributed by atoms with Gasteiger partial charge in [-0.15, -0.1) is 0 Å². The van der Waals surface area contributed by atoms with Crippen LogP contribution in [0.25, 0.3) is 16.6 Å². The molecule has 0 aliphatic rings. The predicted octanol–water partition coefficient (Wildman–Crippen LogP) is 5.63. The standard InChI is InChI=1S/C32H30FN3O5/c1-4-23(37)19-35-20(2)31(32(39)36(35)22-8-6-5-7-9-22)28(38)17-21-10-13-30(26(33)16-21)41-29-14-15-34-27-18-24(40-3)11-12-25(27)29/h5-16,18,23,37H,4,17,19H2,1-3H3/t23-/m0/s1. The molecule has 2 heterocycles. The maximum atomic E-state index is 15.2. The van der Waals surface area contributed by atoms with E-state index in [1.807, 2.05) is 13.0 Å². The summed E-state index contributed by atoms with van der Waals surface area (Å²) in [6.45, 7) is 3.68. The molecule has 0 spiro atoms. The van der Waals surface area contributed by atoms with Crippen LogP contribution >= 0.6 is 0 Å². The smallest absolute Gasteiger partial charge is 0.282 e.